The fourth-order valence-corrected chi connectivity index (χ4v) is 5.34. The van der Waals surface area contributed by atoms with Crippen molar-refractivity contribution in [3.8, 4) is 0 Å². The number of carbonyl (C=O) groups is 1. The number of nitrogens with one attached hydrogen (secondary N) is 1. The minimum Gasteiger partial charge on any atom is -0.372 e. The van der Waals surface area contributed by atoms with Gasteiger partial charge < -0.3 is 15.1 Å². The first-order valence-electron chi connectivity index (χ1n) is 10.7. The number of amides is 1. The summed E-state index contributed by atoms with van der Waals surface area (Å²) in [6, 6.07) is 19.1. The smallest absolute Gasteiger partial charge is 0.254 e. The number of benzene rings is 2. The molecular weight excluding hydrogens is 346 g/mol. The summed E-state index contributed by atoms with van der Waals surface area (Å²) in [5.41, 5.74) is 3.32. The Hall–Kier alpha value is -2.33. The van der Waals surface area contributed by atoms with Crippen molar-refractivity contribution in [3.05, 3.63) is 65.7 Å². The Kier molecular flexibility index (Phi) is 4.81. The van der Waals surface area contributed by atoms with E-state index in [9.17, 15) is 4.79 Å². The molecule has 0 aliphatic carbocycles. The van der Waals surface area contributed by atoms with Crippen LogP contribution >= 0.6 is 0 Å². The van der Waals surface area contributed by atoms with Crippen molar-refractivity contribution in [1.29, 1.82) is 0 Å². The standard InChI is InChI=1S/C24H29N3O/c28-24(19-9-11-21(12-10-19)26-13-5-2-6-14-26)27-17-20-15-25-16-22(20)23(27)18-7-3-1-4-8-18/h1,3-4,7-12,20,22-23,25H,2,5-6,13-17H2/t20-,22-,23+/m0/s1. The maximum atomic E-state index is 13.4. The molecule has 0 aromatic heterocycles. The lowest BCUT2D eigenvalue weighted by atomic mass is 9.89. The van der Waals surface area contributed by atoms with E-state index in [0.717, 1.165) is 38.3 Å². The lowest BCUT2D eigenvalue weighted by Crippen LogP contribution is -2.34. The molecule has 3 atom stereocenters. The van der Waals surface area contributed by atoms with Crippen molar-refractivity contribution >= 4 is 11.6 Å². The highest BCUT2D eigenvalue weighted by molar-refractivity contribution is 5.95. The summed E-state index contributed by atoms with van der Waals surface area (Å²) in [5.74, 6) is 1.24. The molecule has 3 heterocycles. The molecule has 4 nitrogen and oxygen atoms in total. The second kappa shape index (κ2) is 7.59. The monoisotopic (exact) mass is 375 g/mol. The van der Waals surface area contributed by atoms with Gasteiger partial charge in [0.25, 0.3) is 5.91 Å². The van der Waals surface area contributed by atoms with E-state index in [1.807, 2.05) is 18.2 Å². The number of hydrogen-bond acceptors (Lipinski definition) is 3. The summed E-state index contributed by atoms with van der Waals surface area (Å²) in [7, 11) is 0. The van der Waals surface area contributed by atoms with Gasteiger partial charge in [0, 0.05) is 49.9 Å². The topological polar surface area (TPSA) is 35.6 Å². The molecule has 28 heavy (non-hydrogen) atoms. The first-order chi connectivity index (χ1) is 13.8. The third kappa shape index (κ3) is 3.20. The number of piperidine rings is 1. The molecule has 3 saturated heterocycles. The van der Waals surface area contributed by atoms with Gasteiger partial charge >= 0.3 is 0 Å². The van der Waals surface area contributed by atoms with E-state index in [1.54, 1.807) is 0 Å². The molecule has 1 amide bonds. The highest BCUT2D eigenvalue weighted by Crippen LogP contribution is 2.43. The molecule has 5 rings (SSSR count). The molecule has 0 saturated carbocycles. The third-order valence-corrected chi connectivity index (χ3v) is 6.80. The first-order valence-corrected chi connectivity index (χ1v) is 10.7. The second-order valence-corrected chi connectivity index (χ2v) is 8.49. The summed E-state index contributed by atoms with van der Waals surface area (Å²) in [5, 5.41) is 3.52. The van der Waals surface area contributed by atoms with Crippen molar-refractivity contribution in [2.24, 2.45) is 11.8 Å². The molecule has 0 bridgehead atoms. The molecule has 4 heteroatoms. The van der Waals surface area contributed by atoms with E-state index in [-0.39, 0.29) is 11.9 Å². The molecule has 1 N–H and O–H groups in total. The van der Waals surface area contributed by atoms with E-state index in [2.05, 4.69) is 51.5 Å². The van der Waals surface area contributed by atoms with E-state index >= 15 is 0 Å². The maximum Gasteiger partial charge on any atom is 0.254 e. The molecule has 3 aliphatic rings. The molecule has 0 spiro atoms. The van der Waals surface area contributed by atoms with Crippen LogP contribution < -0.4 is 10.2 Å². The number of hydrogen-bond donors (Lipinski definition) is 1. The normalized spacial score (nSPS) is 27.1. The minimum absolute atomic E-state index is 0.174. The van der Waals surface area contributed by atoms with Gasteiger partial charge in [-0.1, -0.05) is 30.3 Å². The molecule has 2 aromatic carbocycles. The van der Waals surface area contributed by atoms with Crippen LogP contribution in [-0.4, -0.2) is 43.5 Å². The highest BCUT2D eigenvalue weighted by Gasteiger charge is 2.46. The number of likely N-dealkylation sites (tertiary alicyclic amines) is 1. The molecule has 3 fully saturated rings. The zero-order valence-electron chi connectivity index (χ0n) is 16.4. The molecule has 146 valence electrons. The van der Waals surface area contributed by atoms with Gasteiger partial charge in [-0.05, 0) is 55.0 Å². The number of carbonyl (C=O) groups excluding carboxylic acids is 1. The first kappa shape index (κ1) is 17.7. The van der Waals surface area contributed by atoms with Gasteiger partial charge in [0.2, 0.25) is 0 Å². The second-order valence-electron chi connectivity index (χ2n) is 8.49. The Morgan fingerprint density at radius 2 is 1.64 bits per heavy atom. The van der Waals surface area contributed by atoms with Gasteiger partial charge in [0.05, 0.1) is 6.04 Å². The molecule has 3 aliphatic heterocycles. The van der Waals surface area contributed by atoms with Gasteiger partial charge in [0.1, 0.15) is 0 Å². The summed E-state index contributed by atoms with van der Waals surface area (Å²) >= 11 is 0. The lowest BCUT2D eigenvalue weighted by molar-refractivity contribution is 0.0714. The molecule has 2 aromatic rings. The van der Waals surface area contributed by atoms with E-state index in [1.165, 1.54) is 30.5 Å². The maximum absolute atomic E-state index is 13.4. The summed E-state index contributed by atoms with van der Waals surface area (Å²) in [4.78, 5) is 18.0. The molecule has 0 unspecified atom stereocenters. The third-order valence-electron chi connectivity index (χ3n) is 6.80. The Morgan fingerprint density at radius 3 is 2.39 bits per heavy atom. The number of fused-ring (bicyclic) bond motifs is 1. The van der Waals surface area contributed by atoms with Gasteiger partial charge in [-0.25, -0.2) is 0 Å². The largest absolute Gasteiger partial charge is 0.372 e. The van der Waals surface area contributed by atoms with Crippen molar-refractivity contribution < 1.29 is 4.79 Å². The number of nitrogens with zero attached hydrogens (tertiary/aromatic N) is 2. The Bertz CT molecular complexity index is 814. The van der Waals surface area contributed by atoms with Crippen molar-refractivity contribution in [3.63, 3.8) is 0 Å². The van der Waals surface area contributed by atoms with Crippen LogP contribution in [0, 0.1) is 11.8 Å². The molecular formula is C24H29N3O. The van der Waals surface area contributed by atoms with Crippen LogP contribution in [-0.2, 0) is 0 Å². The number of rotatable bonds is 3. The Labute approximate surface area is 167 Å². The van der Waals surface area contributed by atoms with Crippen LogP contribution in [0.25, 0.3) is 0 Å². The van der Waals surface area contributed by atoms with Gasteiger partial charge in [-0.3, -0.25) is 4.79 Å². The highest BCUT2D eigenvalue weighted by atomic mass is 16.2. The average Bonchev–Trinajstić information content (AvgIpc) is 3.36. The predicted molar refractivity (Wildman–Crippen MR) is 113 cm³/mol. The van der Waals surface area contributed by atoms with Crippen LogP contribution in [0.3, 0.4) is 0 Å². The van der Waals surface area contributed by atoms with Crippen LogP contribution in [0.4, 0.5) is 5.69 Å². The van der Waals surface area contributed by atoms with E-state index in [0.29, 0.717) is 11.8 Å². The lowest BCUT2D eigenvalue weighted by Gasteiger charge is -2.30. The van der Waals surface area contributed by atoms with Crippen molar-refractivity contribution in [2.45, 2.75) is 25.3 Å². The minimum atomic E-state index is 0.174. The van der Waals surface area contributed by atoms with Crippen molar-refractivity contribution in [1.82, 2.24) is 10.2 Å². The predicted octanol–water partition coefficient (Wildman–Crippen LogP) is 3.71. The van der Waals surface area contributed by atoms with E-state index < -0.39 is 0 Å². The van der Waals surface area contributed by atoms with Crippen LogP contribution in [0.5, 0.6) is 0 Å². The fraction of sp³-hybridized carbons (Fsp3) is 0.458. The van der Waals surface area contributed by atoms with Crippen molar-refractivity contribution in [2.75, 3.05) is 37.6 Å². The Morgan fingerprint density at radius 1 is 0.893 bits per heavy atom. The summed E-state index contributed by atoms with van der Waals surface area (Å²) in [6.07, 6.45) is 3.87. The van der Waals surface area contributed by atoms with Crippen LogP contribution in [0.15, 0.2) is 54.6 Å². The quantitative estimate of drug-likeness (QED) is 0.888. The van der Waals surface area contributed by atoms with Crippen LogP contribution in [0.2, 0.25) is 0 Å². The number of anilines is 1. The van der Waals surface area contributed by atoms with Gasteiger partial charge in [0.15, 0.2) is 0 Å². The fourth-order valence-electron chi connectivity index (χ4n) is 5.34. The summed E-state index contributed by atoms with van der Waals surface area (Å²) in [6.45, 7) is 5.13. The SMILES string of the molecule is O=C(c1ccc(N2CCCCC2)cc1)N1C[C@@H]2CNC[C@@H]2[C@H]1c1ccccc1. The average molecular weight is 376 g/mol. The summed E-state index contributed by atoms with van der Waals surface area (Å²) < 4.78 is 0. The van der Waals surface area contributed by atoms with E-state index in [4.69, 9.17) is 0 Å². The Balaban J connectivity index is 1.39. The zero-order chi connectivity index (χ0) is 18.9. The van der Waals surface area contributed by atoms with Gasteiger partial charge in [-0.15, -0.1) is 0 Å². The van der Waals surface area contributed by atoms with Crippen LogP contribution in [0.1, 0.15) is 41.2 Å². The zero-order valence-corrected chi connectivity index (χ0v) is 16.4. The molecule has 0 radical (unpaired) electrons. The van der Waals surface area contributed by atoms with Gasteiger partial charge in [-0.2, -0.15) is 0 Å².